The van der Waals surface area contributed by atoms with Crippen molar-refractivity contribution in [1.29, 1.82) is 0 Å². The van der Waals surface area contributed by atoms with Crippen LogP contribution < -0.4 is 10.6 Å². The molecule has 0 saturated carbocycles. The first-order valence-electron chi connectivity index (χ1n) is 8.36. The van der Waals surface area contributed by atoms with Crippen LogP contribution in [-0.2, 0) is 17.4 Å². The van der Waals surface area contributed by atoms with Gasteiger partial charge >= 0.3 is 6.18 Å². The van der Waals surface area contributed by atoms with Gasteiger partial charge in [-0.15, -0.1) is 0 Å². The number of aromatic nitrogens is 1. The van der Waals surface area contributed by atoms with Crippen molar-refractivity contribution in [2.75, 3.05) is 11.9 Å². The Balaban J connectivity index is 1.90. The molecule has 1 amide bonds. The number of nitrogens with zero attached hydrogens (tertiary/aromatic N) is 1. The van der Waals surface area contributed by atoms with E-state index in [4.69, 9.17) is 0 Å². The fourth-order valence-corrected chi connectivity index (χ4v) is 2.38. The van der Waals surface area contributed by atoms with Gasteiger partial charge in [0.2, 0.25) is 5.91 Å². The Bertz CT molecular complexity index is 700. The molecule has 0 aliphatic rings. The van der Waals surface area contributed by atoms with E-state index in [9.17, 15) is 18.0 Å². The lowest BCUT2D eigenvalue weighted by Crippen LogP contribution is -2.43. The van der Waals surface area contributed by atoms with Crippen LogP contribution in [0.2, 0.25) is 0 Å². The van der Waals surface area contributed by atoms with E-state index in [1.165, 1.54) is 12.1 Å². The molecule has 2 N–H and O–H groups in total. The smallest absolute Gasteiger partial charge is 0.383 e. The lowest BCUT2D eigenvalue weighted by molar-refractivity contribution is -0.137. The normalized spacial score (nSPS) is 12.7. The first-order valence-corrected chi connectivity index (χ1v) is 8.36. The van der Waals surface area contributed by atoms with Gasteiger partial charge in [0.05, 0.1) is 12.0 Å². The van der Waals surface area contributed by atoms with Gasteiger partial charge in [0.25, 0.3) is 0 Å². The Kier molecular flexibility index (Phi) is 6.60. The minimum absolute atomic E-state index is 0.142. The predicted molar refractivity (Wildman–Crippen MR) is 94.6 cm³/mol. The molecule has 0 bridgehead atoms. The molecular weight excluding hydrogens is 343 g/mol. The van der Waals surface area contributed by atoms with Crippen LogP contribution in [0.5, 0.6) is 0 Å². The summed E-state index contributed by atoms with van der Waals surface area (Å²) in [6.07, 6.45) is -2.53. The average molecular weight is 365 g/mol. The number of pyridine rings is 1. The Morgan fingerprint density at radius 2 is 1.81 bits per heavy atom. The molecule has 1 atom stereocenters. The molecule has 1 aromatic heterocycles. The number of carbonyl (C=O) groups is 1. The van der Waals surface area contributed by atoms with Crippen molar-refractivity contribution in [2.45, 2.75) is 32.5 Å². The third-order valence-corrected chi connectivity index (χ3v) is 3.96. The van der Waals surface area contributed by atoms with Crippen molar-refractivity contribution >= 4 is 11.6 Å². The molecule has 0 spiro atoms. The maximum absolute atomic E-state index is 12.6. The van der Waals surface area contributed by atoms with Gasteiger partial charge in [-0.1, -0.05) is 19.9 Å². The molecular formula is C19H22F3N3O. The van der Waals surface area contributed by atoms with Crippen LogP contribution in [0, 0.1) is 5.92 Å². The monoisotopic (exact) mass is 365 g/mol. The Morgan fingerprint density at radius 3 is 2.35 bits per heavy atom. The van der Waals surface area contributed by atoms with Crippen LogP contribution in [0.4, 0.5) is 18.9 Å². The largest absolute Gasteiger partial charge is 0.416 e. The number of alkyl halides is 3. The highest BCUT2D eigenvalue weighted by Crippen LogP contribution is 2.29. The fourth-order valence-electron chi connectivity index (χ4n) is 2.38. The number of anilines is 1. The highest BCUT2D eigenvalue weighted by atomic mass is 19.4. The fraction of sp³-hybridized carbons (Fsp3) is 0.368. The number of hydrogen-bond donors (Lipinski definition) is 2. The number of hydrogen-bond acceptors (Lipinski definition) is 3. The van der Waals surface area contributed by atoms with Crippen LogP contribution in [-0.4, -0.2) is 23.5 Å². The average Bonchev–Trinajstić information content (AvgIpc) is 2.59. The van der Waals surface area contributed by atoms with Crippen molar-refractivity contribution in [3.8, 4) is 0 Å². The third kappa shape index (κ3) is 6.06. The van der Waals surface area contributed by atoms with E-state index < -0.39 is 11.7 Å². The number of carbonyl (C=O) groups excluding carboxylic acids is 1. The molecule has 1 heterocycles. The van der Waals surface area contributed by atoms with E-state index in [0.717, 1.165) is 12.1 Å². The number of benzene rings is 1. The topological polar surface area (TPSA) is 54.0 Å². The van der Waals surface area contributed by atoms with Gasteiger partial charge in [0.15, 0.2) is 0 Å². The van der Waals surface area contributed by atoms with E-state index in [-0.39, 0.29) is 24.3 Å². The van der Waals surface area contributed by atoms with Crippen LogP contribution in [0.25, 0.3) is 0 Å². The summed E-state index contributed by atoms with van der Waals surface area (Å²) in [5.74, 6) is 0.0150. The molecule has 0 fully saturated rings. The maximum Gasteiger partial charge on any atom is 0.416 e. The van der Waals surface area contributed by atoms with Gasteiger partial charge < -0.3 is 10.6 Å². The van der Waals surface area contributed by atoms with Gasteiger partial charge in [-0.05, 0) is 42.3 Å². The van der Waals surface area contributed by atoms with E-state index >= 15 is 0 Å². The molecule has 2 aromatic rings. The summed E-state index contributed by atoms with van der Waals surface area (Å²) in [5, 5.41) is 6.03. The van der Waals surface area contributed by atoms with Crippen LogP contribution in [0.3, 0.4) is 0 Å². The zero-order valence-electron chi connectivity index (χ0n) is 14.7. The first-order chi connectivity index (χ1) is 12.3. The van der Waals surface area contributed by atoms with Gasteiger partial charge in [0.1, 0.15) is 0 Å². The maximum atomic E-state index is 12.6. The highest BCUT2D eigenvalue weighted by molar-refractivity contribution is 5.78. The minimum atomic E-state index is -4.35. The molecule has 0 saturated heterocycles. The Hall–Kier alpha value is -2.57. The molecule has 0 unspecified atom stereocenters. The molecule has 0 aliphatic carbocycles. The van der Waals surface area contributed by atoms with Crippen molar-refractivity contribution in [3.63, 3.8) is 0 Å². The quantitative estimate of drug-likeness (QED) is 0.783. The zero-order valence-corrected chi connectivity index (χ0v) is 14.7. The summed E-state index contributed by atoms with van der Waals surface area (Å²) in [5.41, 5.74) is 0.568. The molecule has 4 nitrogen and oxygen atoms in total. The summed E-state index contributed by atoms with van der Waals surface area (Å²) in [7, 11) is 0. The Morgan fingerprint density at radius 1 is 1.12 bits per heavy atom. The highest BCUT2D eigenvalue weighted by Gasteiger charge is 2.30. The standard InChI is InChI=1S/C19H22F3N3O/c1-13(2)17(25-18(26)11-16-5-3-4-10-23-16)12-24-15-8-6-14(7-9-15)19(20,21)22/h3-10,13,17,24H,11-12H2,1-2H3,(H,25,26)/t17-/m1/s1. The summed E-state index contributed by atoms with van der Waals surface area (Å²) >= 11 is 0. The summed E-state index contributed by atoms with van der Waals surface area (Å²) in [6, 6.07) is 10.1. The number of amides is 1. The van der Waals surface area contributed by atoms with Gasteiger partial charge in [-0.3, -0.25) is 9.78 Å². The lowest BCUT2D eigenvalue weighted by Gasteiger charge is -2.23. The SMILES string of the molecule is CC(C)[C@@H](CNc1ccc(C(F)(F)F)cc1)NC(=O)Cc1ccccn1. The summed E-state index contributed by atoms with van der Waals surface area (Å²) in [4.78, 5) is 16.3. The number of nitrogens with one attached hydrogen (secondary N) is 2. The molecule has 26 heavy (non-hydrogen) atoms. The van der Waals surface area contributed by atoms with Gasteiger partial charge in [0, 0.05) is 30.2 Å². The van der Waals surface area contributed by atoms with Crippen LogP contribution >= 0.6 is 0 Å². The van der Waals surface area contributed by atoms with E-state index in [2.05, 4.69) is 15.6 Å². The lowest BCUT2D eigenvalue weighted by atomic mass is 10.0. The predicted octanol–water partition coefficient (Wildman–Crippen LogP) is 3.90. The molecule has 1 aromatic carbocycles. The van der Waals surface area contributed by atoms with Crippen molar-refractivity contribution in [1.82, 2.24) is 10.3 Å². The van der Waals surface area contributed by atoms with E-state index in [1.54, 1.807) is 18.3 Å². The summed E-state index contributed by atoms with van der Waals surface area (Å²) in [6.45, 7) is 4.36. The third-order valence-electron chi connectivity index (χ3n) is 3.96. The zero-order chi connectivity index (χ0) is 19.2. The molecule has 2 rings (SSSR count). The van der Waals surface area contributed by atoms with Crippen molar-refractivity contribution in [3.05, 3.63) is 59.9 Å². The second kappa shape index (κ2) is 8.69. The van der Waals surface area contributed by atoms with Crippen LogP contribution in [0.1, 0.15) is 25.1 Å². The van der Waals surface area contributed by atoms with Crippen molar-refractivity contribution in [2.24, 2.45) is 5.92 Å². The summed E-state index contributed by atoms with van der Waals surface area (Å²) < 4.78 is 37.8. The van der Waals surface area contributed by atoms with Gasteiger partial charge in [-0.25, -0.2) is 0 Å². The second-order valence-corrected chi connectivity index (χ2v) is 6.37. The molecule has 0 radical (unpaired) electrons. The number of halogens is 3. The Labute approximate surface area is 150 Å². The molecule has 7 heteroatoms. The van der Waals surface area contributed by atoms with E-state index in [0.29, 0.717) is 17.9 Å². The second-order valence-electron chi connectivity index (χ2n) is 6.37. The van der Waals surface area contributed by atoms with E-state index in [1.807, 2.05) is 19.9 Å². The molecule has 140 valence electrons. The minimum Gasteiger partial charge on any atom is -0.383 e. The van der Waals surface area contributed by atoms with Gasteiger partial charge in [-0.2, -0.15) is 13.2 Å². The van der Waals surface area contributed by atoms with Crippen molar-refractivity contribution < 1.29 is 18.0 Å². The van der Waals surface area contributed by atoms with Crippen LogP contribution in [0.15, 0.2) is 48.7 Å². The molecule has 0 aliphatic heterocycles. The number of rotatable bonds is 7. The first kappa shape index (κ1) is 19.8.